The fraction of sp³-hybridized carbons (Fsp3) is 1.00. The van der Waals surface area contributed by atoms with Gasteiger partial charge < -0.3 is 21.1 Å². The molecule has 0 aromatic heterocycles. The van der Waals surface area contributed by atoms with E-state index in [0.717, 1.165) is 38.3 Å². The zero-order chi connectivity index (χ0) is 10.9. The van der Waals surface area contributed by atoms with Gasteiger partial charge in [-0.15, -0.1) is 0 Å². The molecule has 0 saturated carbocycles. The van der Waals surface area contributed by atoms with Gasteiger partial charge in [-0.25, -0.2) is 0 Å². The summed E-state index contributed by atoms with van der Waals surface area (Å²) >= 11 is 0. The van der Waals surface area contributed by atoms with Gasteiger partial charge in [0.25, 0.3) is 0 Å². The van der Waals surface area contributed by atoms with Crippen molar-refractivity contribution in [1.29, 1.82) is 0 Å². The van der Waals surface area contributed by atoms with E-state index in [9.17, 15) is 0 Å². The van der Waals surface area contributed by atoms with Crippen molar-refractivity contribution in [2.45, 2.75) is 31.7 Å². The molecule has 4 nitrogen and oxygen atoms in total. The van der Waals surface area contributed by atoms with Gasteiger partial charge in [0.1, 0.15) is 8.07 Å². The van der Waals surface area contributed by atoms with E-state index >= 15 is 0 Å². The lowest BCUT2D eigenvalue weighted by Crippen LogP contribution is -2.48. The third-order valence-corrected chi connectivity index (χ3v) is 6.09. The zero-order valence-corrected chi connectivity index (χ0v) is 9.78. The van der Waals surface area contributed by atoms with E-state index in [1.165, 1.54) is 0 Å². The SMILES string of the molecule is NCCCCCC[Si](CO)(CO)CO. The van der Waals surface area contributed by atoms with Crippen molar-refractivity contribution in [3.8, 4) is 0 Å². The molecule has 0 bridgehead atoms. The molecule has 5 N–H and O–H groups in total. The predicted molar refractivity (Wildman–Crippen MR) is 59.3 cm³/mol. The van der Waals surface area contributed by atoms with Gasteiger partial charge in [-0.3, -0.25) is 0 Å². The van der Waals surface area contributed by atoms with Crippen LogP contribution < -0.4 is 5.73 Å². The van der Waals surface area contributed by atoms with Gasteiger partial charge in [-0.2, -0.15) is 0 Å². The van der Waals surface area contributed by atoms with Crippen LogP contribution in [0.1, 0.15) is 25.7 Å². The van der Waals surface area contributed by atoms with Crippen molar-refractivity contribution in [1.82, 2.24) is 0 Å². The van der Waals surface area contributed by atoms with Crippen molar-refractivity contribution < 1.29 is 15.3 Å². The molecule has 0 radical (unpaired) electrons. The van der Waals surface area contributed by atoms with Crippen molar-refractivity contribution in [3.63, 3.8) is 0 Å². The molecule has 0 saturated heterocycles. The first-order chi connectivity index (χ1) is 6.74. The lowest BCUT2D eigenvalue weighted by Gasteiger charge is -2.24. The summed E-state index contributed by atoms with van der Waals surface area (Å²) in [5, 5.41) is 27.3. The Morgan fingerprint density at radius 1 is 0.786 bits per heavy atom. The van der Waals surface area contributed by atoms with Crippen LogP contribution in [-0.2, 0) is 0 Å². The van der Waals surface area contributed by atoms with E-state index in [4.69, 9.17) is 21.1 Å². The average Bonchev–Trinajstić information content (AvgIpc) is 2.24. The maximum absolute atomic E-state index is 9.10. The Labute approximate surface area is 86.8 Å². The van der Waals surface area contributed by atoms with Crippen molar-refractivity contribution in [2.75, 3.05) is 25.2 Å². The molecule has 0 spiro atoms. The minimum Gasteiger partial charge on any atom is -0.399 e. The highest BCUT2D eigenvalue weighted by Gasteiger charge is 2.30. The summed E-state index contributed by atoms with van der Waals surface area (Å²) in [6, 6.07) is 0.807. The summed E-state index contributed by atoms with van der Waals surface area (Å²) in [7, 11) is -2.14. The second kappa shape index (κ2) is 8.37. The summed E-state index contributed by atoms with van der Waals surface area (Å²) in [4.78, 5) is 0. The molecule has 0 amide bonds. The molecule has 0 heterocycles. The smallest absolute Gasteiger partial charge is 0.139 e. The number of unbranched alkanes of at least 4 members (excludes halogenated alkanes) is 3. The second-order valence-corrected chi connectivity index (χ2v) is 8.38. The molecule has 0 aromatic carbocycles. The Morgan fingerprint density at radius 3 is 1.71 bits per heavy atom. The molecule has 0 atom stereocenters. The largest absolute Gasteiger partial charge is 0.399 e. The van der Waals surface area contributed by atoms with E-state index in [-0.39, 0.29) is 18.7 Å². The molecule has 0 aliphatic carbocycles. The van der Waals surface area contributed by atoms with Crippen LogP contribution in [-0.4, -0.2) is 48.6 Å². The lowest BCUT2D eigenvalue weighted by molar-refractivity contribution is 0.286. The van der Waals surface area contributed by atoms with Gasteiger partial charge >= 0.3 is 0 Å². The standard InChI is InChI=1S/C9H23NO3Si/c10-5-3-1-2-4-6-14(7-11,8-12)9-13/h11-13H,1-10H2. The first-order valence-electron chi connectivity index (χ1n) is 5.27. The first-order valence-corrected chi connectivity index (χ1v) is 8.10. The number of hydrogen-bond donors (Lipinski definition) is 4. The fourth-order valence-electron chi connectivity index (χ4n) is 1.39. The Bertz CT molecular complexity index is 123. The molecule has 0 unspecified atom stereocenters. The normalized spacial score (nSPS) is 12.0. The van der Waals surface area contributed by atoms with Crippen molar-refractivity contribution >= 4 is 8.07 Å². The fourth-order valence-corrected chi connectivity index (χ4v) is 3.16. The van der Waals surface area contributed by atoms with E-state index in [2.05, 4.69) is 0 Å². The van der Waals surface area contributed by atoms with Crippen LogP contribution >= 0.6 is 0 Å². The summed E-state index contributed by atoms with van der Waals surface area (Å²) in [6.45, 7) is 0.725. The van der Waals surface area contributed by atoms with Gasteiger partial charge in [-0.1, -0.05) is 25.3 Å². The highest BCUT2D eigenvalue weighted by atomic mass is 28.3. The molecular formula is C9H23NO3Si. The first kappa shape index (κ1) is 14.1. The van der Waals surface area contributed by atoms with Gasteiger partial charge in [-0.05, 0) is 13.0 Å². The van der Waals surface area contributed by atoms with Crippen LogP contribution in [0.2, 0.25) is 6.04 Å². The van der Waals surface area contributed by atoms with Crippen molar-refractivity contribution in [3.05, 3.63) is 0 Å². The quantitative estimate of drug-likeness (QED) is 0.314. The molecule has 0 aromatic rings. The van der Waals surface area contributed by atoms with Crippen molar-refractivity contribution in [2.24, 2.45) is 5.73 Å². The maximum atomic E-state index is 9.10. The summed E-state index contributed by atoms with van der Waals surface area (Å²) in [5.74, 6) is 0. The van der Waals surface area contributed by atoms with Crippen LogP contribution in [0.3, 0.4) is 0 Å². The number of rotatable bonds is 9. The topological polar surface area (TPSA) is 86.7 Å². The van der Waals surface area contributed by atoms with Gasteiger partial charge in [0.05, 0.1) is 0 Å². The minimum atomic E-state index is -2.14. The molecular weight excluding hydrogens is 198 g/mol. The van der Waals surface area contributed by atoms with E-state index in [0.29, 0.717) is 0 Å². The Hall–Kier alpha value is 0.0569. The number of nitrogens with two attached hydrogens (primary N) is 1. The number of hydrogen-bond acceptors (Lipinski definition) is 4. The van der Waals surface area contributed by atoms with Crippen LogP contribution in [0, 0.1) is 0 Å². The molecule has 0 aliphatic rings. The predicted octanol–water partition coefficient (Wildman–Crippen LogP) is -0.451. The summed E-state index contributed by atoms with van der Waals surface area (Å²) in [5.41, 5.74) is 5.36. The Kier molecular flexibility index (Phi) is 8.41. The van der Waals surface area contributed by atoms with Gasteiger partial charge in [0.2, 0.25) is 0 Å². The van der Waals surface area contributed by atoms with Gasteiger partial charge in [0, 0.05) is 18.7 Å². The molecule has 0 aliphatic heterocycles. The lowest BCUT2D eigenvalue weighted by atomic mass is 10.2. The highest BCUT2D eigenvalue weighted by molar-refractivity contribution is 6.79. The monoisotopic (exact) mass is 221 g/mol. The van der Waals surface area contributed by atoms with Crippen LogP contribution in [0.5, 0.6) is 0 Å². The maximum Gasteiger partial charge on any atom is 0.139 e. The summed E-state index contributed by atoms with van der Waals surface area (Å²) in [6.07, 6.45) is 4.14. The third kappa shape index (κ3) is 5.07. The van der Waals surface area contributed by atoms with Gasteiger partial charge in [0.15, 0.2) is 0 Å². The molecule has 5 heteroatoms. The molecule has 86 valence electrons. The highest BCUT2D eigenvalue weighted by Crippen LogP contribution is 2.14. The minimum absolute atomic E-state index is 0.0170. The average molecular weight is 221 g/mol. The van der Waals surface area contributed by atoms with Crippen LogP contribution in [0.4, 0.5) is 0 Å². The van der Waals surface area contributed by atoms with Crippen LogP contribution in [0.15, 0.2) is 0 Å². The van der Waals surface area contributed by atoms with E-state index < -0.39 is 8.07 Å². The number of aliphatic hydroxyl groups is 3. The molecule has 0 rings (SSSR count). The second-order valence-electron chi connectivity index (χ2n) is 3.93. The third-order valence-electron chi connectivity index (χ3n) is 2.67. The number of aliphatic hydroxyl groups excluding tert-OH is 3. The molecule has 14 heavy (non-hydrogen) atoms. The zero-order valence-electron chi connectivity index (χ0n) is 8.78. The Morgan fingerprint density at radius 2 is 1.29 bits per heavy atom. The molecule has 0 fully saturated rings. The summed E-state index contributed by atoms with van der Waals surface area (Å²) < 4.78 is 0. The van der Waals surface area contributed by atoms with E-state index in [1.54, 1.807) is 0 Å². The Balaban J connectivity index is 3.61. The van der Waals surface area contributed by atoms with Crippen LogP contribution in [0.25, 0.3) is 0 Å². The van der Waals surface area contributed by atoms with E-state index in [1.807, 2.05) is 0 Å².